The minimum absolute atomic E-state index is 0.00731. The van der Waals surface area contributed by atoms with Gasteiger partial charge in [-0.15, -0.1) is 0 Å². The Hall–Kier alpha value is -1.96. The lowest BCUT2D eigenvalue weighted by Gasteiger charge is -2.20. The second-order valence-corrected chi connectivity index (χ2v) is 4.73. The topological polar surface area (TPSA) is 30.0 Å². The minimum Gasteiger partial charge on any atom is -0.294 e. The standard InChI is InChI=1S/C16H15NO/c1-2-5-12-13-10-11-6-3-4-7-14(11)17-15(13)8-9-16(12)18/h3-4,6-10,12H,2,5H2,1H3. The van der Waals surface area contributed by atoms with Crippen LogP contribution in [0.1, 0.15) is 36.9 Å². The summed E-state index contributed by atoms with van der Waals surface area (Å²) in [7, 11) is 0. The quantitative estimate of drug-likeness (QED) is 0.796. The van der Waals surface area contributed by atoms with Crippen LogP contribution < -0.4 is 0 Å². The Kier molecular flexibility index (Phi) is 2.71. The zero-order chi connectivity index (χ0) is 12.5. The molecular formula is C16H15NO. The highest BCUT2D eigenvalue weighted by Crippen LogP contribution is 2.32. The van der Waals surface area contributed by atoms with Gasteiger partial charge in [-0.25, -0.2) is 4.98 Å². The lowest BCUT2D eigenvalue weighted by Crippen LogP contribution is -2.15. The molecule has 1 aromatic carbocycles. The first-order valence-corrected chi connectivity index (χ1v) is 6.41. The van der Waals surface area contributed by atoms with Gasteiger partial charge >= 0.3 is 0 Å². The zero-order valence-corrected chi connectivity index (χ0v) is 10.4. The van der Waals surface area contributed by atoms with Crippen LogP contribution in [0.3, 0.4) is 0 Å². The Bertz CT molecular complexity index is 643. The van der Waals surface area contributed by atoms with Crippen molar-refractivity contribution in [2.75, 3.05) is 0 Å². The van der Waals surface area contributed by atoms with Crippen LogP contribution in [0.5, 0.6) is 0 Å². The van der Waals surface area contributed by atoms with E-state index in [1.54, 1.807) is 6.08 Å². The summed E-state index contributed by atoms with van der Waals surface area (Å²) in [5.74, 6) is 0.202. The lowest BCUT2D eigenvalue weighted by atomic mass is 9.85. The van der Waals surface area contributed by atoms with E-state index < -0.39 is 0 Å². The second kappa shape index (κ2) is 4.37. The number of hydrogen-bond donors (Lipinski definition) is 0. The summed E-state index contributed by atoms with van der Waals surface area (Å²) in [5, 5.41) is 1.11. The van der Waals surface area contributed by atoms with Crippen LogP contribution >= 0.6 is 0 Å². The maximum Gasteiger partial charge on any atom is 0.163 e. The van der Waals surface area contributed by atoms with Gasteiger partial charge < -0.3 is 0 Å². The number of aromatic nitrogens is 1. The predicted octanol–water partition coefficient (Wildman–Crippen LogP) is 3.71. The molecule has 0 bridgehead atoms. The van der Waals surface area contributed by atoms with Crippen LogP contribution in [0.15, 0.2) is 36.4 Å². The van der Waals surface area contributed by atoms with E-state index in [2.05, 4.69) is 24.0 Å². The Balaban J connectivity index is 2.21. The SMILES string of the molecule is CCCC1C(=O)C=Cc2nc3ccccc3cc21. The van der Waals surface area contributed by atoms with Crippen molar-refractivity contribution in [3.05, 3.63) is 47.7 Å². The molecule has 0 N–H and O–H groups in total. The van der Waals surface area contributed by atoms with Crippen molar-refractivity contribution in [3.63, 3.8) is 0 Å². The zero-order valence-electron chi connectivity index (χ0n) is 10.4. The highest BCUT2D eigenvalue weighted by Gasteiger charge is 2.24. The maximum absolute atomic E-state index is 12.0. The number of hydrogen-bond acceptors (Lipinski definition) is 2. The Labute approximate surface area is 106 Å². The largest absolute Gasteiger partial charge is 0.294 e. The molecule has 0 saturated carbocycles. The molecule has 1 heterocycles. The third-order valence-electron chi connectivity index (χ3n) is 3.49. The van der Waals surface area contributed by atoms with Crippen LogP contribution in [-0.2, 0) is 4.79 Å². The van der Waals surface area contributed by atoms with E-state index in [1.807, 2.05) is 24.3 Å². The average Bonchev–Trinajstić information content (AvgIpc) is 2.40. The summed E-state index contributed by atoms with van der Waals surface area (Å²) in [4.78, 5) is 16.6. The van der Waals surface area contributed by atoms with Crippen molar-refractivity contribution in [3.8, 4) is 0 Å². The monoisotopic (exact) mass is 237 g/mol. The minimum atomic E-state index is -0.00731. The summed E-state index contributed by atoms with van der Waals surface area (Å²) < 4.78 is 0. The van der Waals surface area contributed by atoms with Crippen molar-refractivity contribution in [1.29, 1.82) is 0 Å². The summed E-state index contributed by atoms with van der Waals surface area (Å²) in [6, 6.07) is 10.2. The van der Waals surface area contributed by atoms with Gasteiger partial charge in [0, 0.05) is 11.3 Å². The van der Waals surface area contributed by atoms with E-state index in [-0.39, 0.29) is 11.7 Å². The Morgan fingerprint density at radius 1 is 1.22 bits per heavy atom. The Morgan fingerprint density at radius 2 is 2.06 bits per heavy atom. The first-order chi connectivity index (χ1) is 8.79. The maximum atomic E-state index is 12.0. The van der Waals surface area contributed by atoms with Crippen LogP contribution in [-0.4, -0.2) is 10.8 Å². The van der Waals surface area contributed by atoms with Crippen LogP contribution in [0.2, 0.25) is 0 Å². The number of para-hydroxylation sites is 1. The number of allylic oxidation sites excluding steroid dienone is 1. The fourth-order valence-electron chi connectivity index (χ4n) is 2.58. The van der Waals surface area contributed by atoms with E-state index in [0.29, 0.717) is 0 Å². The average molecular weight is 237 g/mol. The molecule has 2 heteroatoms. The van der Waals surface area contributed by atoms with Crippen molar-refractivity contribution in [1.82, 2.24) is 4.98 Å². The van der Waals surface area contributed by atoms with Gasteiger partial charge in [0.25, 0.3) is 0 Å². The molecule has 1 atom stereocenters. The highest BCUT2D eigenvalue weighted by atomic mass is 16.1. The molecule has 90 valence electrons. The molecule has 2 aromatic rings. The van der Waals surface area contributed by atoms with E-state index in [0.717, 1.165) is 35.0 Å². The normalized spacial score (nSPS) is 18.1. The number of benzene rings is 1. The number of carbonyl (C=O) groups is 1. The molecule has 1 aliphatic rings. The van der Waals surface area contributed by atoms with Gasteiger partial charge in [0.05, 0.1) is 11.2 Å². The summed E-state index contributed by atoms with van der Waals surface area (Å²) >= 11 is 0. The molecule has 3 rings (SSSR count). The van der Waals surface area contributed by atoms with Gasteiger partial charge in [-0.1, -0.05) is 31.5 Å². The molecule has 0 radical (unpaired) electrons. The van der Waals surface area contributed by atoms with E-state index in [1.165, 1.54) is 0 Å². The number of fused-ring (bicyclic) bond motifs is 2. The van der Waals surface area contributed by atoms with E-state index in [4.69, 9.17) is 0 Å². The van der Waals surface area contributed by atoms with Gasteiger partial charge in [0.1, 0.15) is 0 Å². The van der Waals surface area contributed by atoms with Crippen molar-refractivity contribution in [2.45, 2.75) is 25.7 Å². The van der Waals surface area contributed by atoms with Crippen LogP contribution in [0.25, 0.3) is 17.0 Å². The van der Waals surface area contributed by atoms with Crippen molar-refractivity contribution in [2.24, 2.45) is 0 Å². The van der Waals surface area contributed by atoms with Gasteiger partial charge in [0.2, 0.25) is 0 Å². The second-order valence-electron chi connectivity index (χ2n) is 4.73. The van der Waals surface area contributed by atoms with Crippen LogP contribution in [0, 0.1) is 0 Å². The molecule has 1 unspecified atom stereocenters. The molecule has 0 fully saturated rings. The van der Waals surface area contributed by atoms with Gasteiger partial charge in [0.15, 0.2) is 5.78 Å². The smallest absolute Gasteiger partial charge is 0.163 e. The van der Waals surface area contributed by atoms with E-state index in [9.17, 15) is 4.79 Å². The molecule has 18 heavy (non-hydrogen) atoms. The first-order valence-electron chi connectivity index (χ1n) is 6.41. The van der Waals surface area contributed by atoms with Gasteiger partial charge in [-0.3, -0.25) is 4.79 Å². The molecule has 1 aliphatic carbocycles. The summed E-state index contributed by atoms with van der Waals surface area (Å²) in [6.45, 7) is 2.11. The lowest BCUT2D eigenvalue weighted by molar-refractivity contribution is -0.116. The first kappa shape index (κ1) is 11.1. The number of ketones is 1. The number of carbonyl (C=O) groups excluding carboxylic acids is 1. The number of pyridine rings is 1. The third-order valence-corrected chi connectivity index (χ3v) is 3.49. The highest BCUT2D eigenvalue weighted by molar-refractivity contribution is 6.02. The molecule has 0 amide bonds. The molecule has 1 aromatic heterocycles. The van der Waals surface area contributed by atoms with E-state index >= 15 is 0 Å². The summed E-state index contributed by atoms with van der Waals surface area (Å²) in [6.07, 6.45) is 5.42. The molecule has 0 saturated heterocycles. The third kappa shape index (κ3) is 1.74. The Morgan fingerprint density at radius 3 is 2.89 bits per heavy atom. The van der Waals surface area contributed by atoms with Gasteiger partial charge in [-0.05, 0) is 36.3 Å². The van der Waals surface area contributed by atoms with Gasteiger partial charge in [-0.2, -0.15) is 0 Å². The fourth-order valence-corrected chi connectivity index (χ4v) is 2.58. The molecular weight excluding hydrogens is 222 g/mol. The predicted molar refractivity (Wildman–Crippen MR) is 73.4 cm³/mol. The fraction of sp³-hybridized carbons (Fsp3) is 0.250. The van der Waals surface area contributed by atoms with Crippen molar-refractivity contribution < 1.29 is 4.79 Å². The molecule has 0 spiro atoms. The number of nitrogens with zero attached hydrogens (tertiary/aromatic N) is 1. The van der Waals surface area contributed by atoms with Crippen molar-refractivity contribution >= 4 is 22.8 Å². The molecule has 0 aliphatic heterocycles. The summed E-state index contributed by atoms with van der Waals surface area (Å²) in [5.41, 5.74) is 3.03. The number of rotatable bonds is 2. The molecule has 2 nitrogen and oxygen atoms in total. The van der Waals surface area contributed by atoms with Crippen LogP contribution in [0.4, 0.5) is 0 Å².